The first-order valence-corrected chi connectivity index (χ1v) is 9.55. The number of carbonyl (C=O) groups excluding carboxylic acids is 1. The molecule has 1 aliphatic heterocycles. The van der Waals surface area contributed by atoms with Crippen molar-refractivity contribution in [3.63, 3.8) is 0 Å². The molecule has 0 saturated carbocycles. The second-order valence-corrected chi connectivity index (χ2v) is 7.31. The summed E-state index contributed by atoms with van der Waals surface area (Å²) in [5.74, 6) is -14.7. The van der Waals surface area contributed by atoms with Crippen molar-refractivity contribution in [2.45, 2.75) is 25.6 Å². The fraction of sp³-hybridized carbons (Fsp3) is 0.174. The predicted molar refractivity (Wildman–Crippen MR) is 101 cm³/mol. The van der Waals surface area contributed by atoms with Gasteiger partial charge in [-0.15, -0.1) is 0 Å². The van der Waals surface area contributed by atoms with E-state index in [0.29, 0.717) is 0 Å². The minimum Gasteiger partial charge on any atom is -0.419 e. The van der Waals surface area contributed by atoms with E-state index in [1.54, 1.807) is 24.3 Å². The van der Waals surface area contributed by atoms with Crippen LogP contribution >= 0.6 is 0 Å². The van der Waals surface area contributed by atoms with Gasteiger partial charge < -0.3 is 4.74 Å². The van der Waals surface area contributed by atoms with Crippen LogP contribution in [0.5, 0.6) is 5.75 Å². The average molecular weight is 451 g/mol. The van der Waals surface area contributed by atoms with Crippen molar-refractivity contribution in [2.24, 2.45) is 0 Å². The molecular formula is C23H15F6NO2. The Bertz CT molecular complexity index is 1170. The quantitative estimate of drug-likeness (QED) is 0.183. The molecule has 32 heavy (non-hydrogen) atoms. The molecule has 1 atom stereocenters. The fourth-order valence-electron chi connectivity index (χ4n) is 3.66. The molecule has 3 aromatic carbocycles. The molecule has 0 aliphatic carbocycles. The zero-order chi connectivity index (χ0) is 23.0. The van der Waals surface area contributed by atoms with Crippen LogP contribution in [-0.4, -0.2) is 16.9 Å². The van der Waals surface area contributed by atoms with Crippen molar-refractivity contribution in [2.75, 3.05) is 0 Å². The zero-order valence-corrected chi connectivity index (χ0v) is 16.3. The van der Waals surface area contributed by atoms with Crippen molar-refractivity contribution >= 4 is 5.97 Å². The molecule has 0 N–H and O–H groups in total. The first kappa shape index (κ1) is 21.9. The van der Waals surface area contributed by atoms with Crippen LogP contribution in [0.4, 0.5) is 26.3 Å². The zero-order valence-electron chi connectivity index (χ0n) is 16.3. The molecule has 1 unspecified atom stereocenters. The van der Waals surface area contributed by atoms with Crippen LogP contribution in [-0.2, 0) is 24.3 Å². The van der Waals surface area contributed by atoms with Crippen LogP contribution < -0.4 is 4.74 Å². The lowest BCUT2D eigenvalue weighted by Gasteiger charge is -2.35. The number of hydrogen-bond acceptors (Lipinski definition) is 3. The molecule has 9 heteroatoms. The van der Waals surface area contributed by atoms with E-state index >= 15 is 0 Å². The first-order chi connectivity index (χ1) is 15.3. The number of hydrogen-bond donors (Lipinski definition) is 0. The van der Waals surface area contributed by atoms with Crippen LogP contribution in [0.3, 0.4) is 0 Å². The minimum absolute atomic E-state index is 0.0405. The van der Waals surface area contributed by atoms with Gasteiger partial charge in [0.1, 0.15) is 11.9 Å². The van der Waals surface area contributed by atoms with E-state index in [1.165, 1.54) is 23.1 Å². The molecule has 0 aromatic heterocycles. The first-order valence-electron chi connectivity index (χ1n) is 9.55. The van der Waals surface area contributed by atoms with Gasteiger partial charge in [0.2, 0.25) is 34.8 Å². The highest BCUT2D eigenvalue weighted by molar-refractivity contribution is 5.79. The Balaban J connectivity index is 1.68. The fourth-order valence-corrected chi connectivity index (χ4v) is 3.66. The van der Waals surface area contributed by atoms with Crippen LogP contribution in [0, 0.1) is 34.9 Å². The maximum absolute atomic E-state index is 14.2. The van der Waals surface area contributed by atoms with Gasteiger partial charge in [0.05, 0.1) is 0 Å². The molecule has 1 heterocycles. The Kier molecular flexibility index (Phi) is 5.92. The maximum Gasteiger partial charge on any atom is 0.329 e. The largest absolute Gasteiger partial charge is 0.419 e. The summed E-state index contributed by atoms with van der Waals surface area (Å²) in [5.41, 5.74) is 1.86. The third kappa shape index (κ3) is 3.95. The molecule has 0 radical (unpaired) electrons. The molecule has 0 spiro atoms. The molecule has 3 nitrogen and oxygen atoms in total. The Morgan fingerprint density at radius 3 is 2.03 bits per heavy atom. The van der Waals surface area contributed by atoms with Crippen molar-refractivity contribution in [1.29, 1.82) is 0 Å². The van der Waals surface area contributed by atoms with Crippen LogP contribution in [0.25, 0.3) is 0 Å². The van der Waals surface area contributed by atoms with Gasteiger partial charge in [-0.3, -0.25) is 4.90 Å². The maximum atomic E-state index is 14.2. The van der Waals surface area contributed by atoms with Gasteiger partial charge in [0.15, 0.2) is 0 Å². The van der Waals surface area contributed by atoms with E-state index in [0.717, 1.165) is 11.1 Å². The molecule has 0 bridgehead atoms. The standard InChI is InChI=1S/C23H15F6NO2/c24-15-8-4-3-7-14(15)11-30-10-13-6-2-1-5-12(13)9-16(30)23(31)32-22-20(28)18(26)17(25)19(27)21(22)29/h1-8,16H,9-11H2. The second kappa shape index (κ2) is 8.66. The van der Waals surface area contributed by atoms with Crippen LogP contribution in [0.2, 0.25) is 0 Å². The lowest BCUT2D eigenvalue weighted by molar-refractivity contribution is -0.142. The van der Waals surface area contributed by atoms with Gasteiger partial charge in [-0.25, -0.2) is 22.4 Å². The third-order valence-electron chi connectivity index (χ3n) is 5.32. The van der Waals surface area contributed by atoms with Crippen molar-refractivity contribution < 1.29 is 35.9 Å². The highest BCUT2D eigenvalue weighted by Gasteiger charge is 2.36. The van der Waals surface area contributed by atoms with Gasteiger partial charge in [-0.1, -0.05) is 42.5 Å². The molecule has 166 valence electrons. The van der Waals surface area contributed by atoms with Crippen molar-refractivity contribution in [1.82, 2.24) is 4.90 Å². The molecule has 0 saturated heterocycles. The van der Waals surface area contributed by atoms with E-state index in [4.69, 9.17) is 0 Å². The lowest BCUT2D eigenvalue weighted by atomic mass is 9.93. The summed E-state index contributed by atoms with van der Waals surface area (Å²) in [6.07, 6.45) is 0.0405. The SMILES string of the molecule is O=C(Oc1c(F)c(F)c(F)c(F)c1F)C1Cc2ccccc2CN1Cc1ccccc1F. The minimum atomic E-state index is -2.35. The van der Waals surface area contributed by atoms with E-state index in [2.05, 4.69) is 4.74 Å². The molecular weight excluding hydrogens is 436 g/mol. The summed E-state index contributed by atoms with van der Waals surface area (Å²) in [5, 5.41) is 0. The Labute approximate surface area is 178 Å². The highest BCUT2D eigenvalue weighted by Crippen LogP contribution is 2.31. The predicted octanol–water partition coefficient (Wildman–Crippen LogP) is 5.05. The summed E-state index contributed by atoms with van der Waals surface area (Å²) in [4.78, 5) is 14.4. The Morgan fingerprint density at radius 2 is 1.38 bits per heavy atom. The van der Waals surface area contributed by atoms with Gasteiger partial charge >= 0.3 is 5.97 Å². The molecule has 1 aliphatic rings. The van der Waals surface area contributed by atoms with E-state index < -0.39 is 52.7 Å². The number of rotatable bonds is 4. The summed E-state index contributed by atoms with van der Waals surface area (Å²) in [6.45, 7) is 0.138. The topological polar surface area (TPSA) is 29.5 Å². The summed E-state index contributed by atoms with van der Waals surface area (Å²) in [6, 6.07) is 11.8. The second-order valence-electron chi connectivity index (χ2n) is 7.31. The summed E-state index contributed by atoms with van der Waals surface area (Å²) in [7, 11) is 0. The van der Waals surface area contributed by atoms with E-state index in [1.807, 2.05) is 6.07 Å². The number of benzene rings is 3. The smallest absolute Gasteiger partial charge is 0.329 e. The number of carbonyl (C=O) groups is 1. The molecule has 3 aromatic rings. The summed E-state index contributed by atoms with van der Waals surface area (Å²) < 4.78 is 87.1. The van der Waals surface area contributed by atoms with Crippen LogP contribution in [0.1, 0.15) is 16.7 Å². The molecule has 0 fully saturated rings. The third-order valence-corrected chi connectivity index (χ3v) is 5.32. The Morgan fingerprint density at radius 1 is 0.812 bits per heavy atom. The number of ether oxygens (including phenoxy) is 1. The number of esters is 1. The monoisotopic (exact) mass is 451 g/mol. The van der Waals surface area contributed by atoms with Gasteiger partial charge in [-0.2, -0.15) is 8.78 Å². The van der Waals surface area contributed by atoms with Crippen molar-refractivity contribution in [3.05, 3.63) is 100 Å². The van der Waals surface area contributed by atoms with E-state index in [-0.39, 0.29) is 25.1 Å². The normalized spacial score (nSPS) is 16.0. The molecule has 0 amide bonds. The number of fused-ring (bicyclic) bond motifs is 1. The van der Waals surface area contributed by atoms with Gasteiger partial charge in [-0.05, 0) is 23.6 Å². The highest BCUT2D eigenvalue weighted by atomic mass is 19.2. The van der Waals surface area contributed by atoms with Crippen LogP contribution in [0.15, 0.2) is 48.5 Å². The summed E-state index contributed by atoms with van der Waals surface area (Å²) >= 11 is 0. The lowest BCUT2D eigenvalue weighted by Crippen LogP contribution is -2.47. The number of nitrogens with zero attached hydrogens (tertiary/aromatic N) is 1. The van der Waals surface area contributed by atoms with Gasteiger partial charge in [0.25, 0.3) is 0 Å². The van der Waals surface area contributed by atoms with E-state index in [9.17, 15) is 31.1 Å². The molecule has 4 rings (SSSR count). The number of halogens is 6. The van der Waals surface area contributed by atoms with Crippen molar-refractivity contribution in [3.8, 4) is 5.75 Å². The Hall–Kier alpha value is -3.33. The average Bonchev–Trinajstić information content (AvgIpc) is 2.80. The van der Waals surface area contributed by atoms with Gasteiger partial charge in [0, 0.05) is 18.7 Å².